The van der Waals surface area contributed by atoms with Crippen LogP contribution in [0.1, 0.15) is 36.1 Å². The number of hydrogen-bond donors (Lipinski definition) is 1. The molecule has 0 saturated heterocycles. The number of nitrogens with one attached hydrogen (secondary N) is 1. The van der Waals surface area contributed by atoms with Gasteiger partial charge in [-0.25, -0.2) is 0 Å². The van der Waals surface area contributed by atoms with Crippen LogP contribution < -0.4 is 0 Å². The molecule has 96 valence electrons. The van der Waals surface area contributed by atoms with Crippen molar-refractivity contribution in [2.45, 2.75) is 25.9 Å². The molecule has 19 heavy (non-hydrogen) atoms. The highest BCUT2D eigenvalue weighted by molar-refractivity contribution is 6.00. The number of nitrogens with zero attached hydrogens (tertiary/aromatic N) is 1. The molecule has 0 radical (unpaired) electrons. The van der Waals surface area contributed by atoms with E-state index >= 15 is 0 Å². The van der Waals surface area contributed by atoms with Crippen LogP contribution in [-0.4, -0.2) is 10.7 Å². The number of benzene rings is 2. The van der Waals surface area contributed by atoms with Crippen molar-refractivity contribution in [3.05, 3.63) is 71.3 Å². The summed E-state index contributed by atoms with van der Waals surface area (Å²) in [6.45, 7) is 3.04. The van der Waals surface area contributed by atoms with E-state index in [9.17, 15) is 0 Å². The number of rotatable bonds is 3. The van der Waals surface area contributed by atoms with Crippen molar-refractivity contribution < 1.29 is 0 Å². The second kappa shape index (κ2) is 4.88. The lowest BCUT2D eigenvalue weighted by Crippen LogP contribution is -2.28. The molecule has 0 aromatic heterocycles. The van der Waals surface area contributed by atoms with Gasteiger partial charge in [0.1, 0.15) is 5.84 Å². The van der Waals surface area contributed by atoms with Gasteiger partial charge in [-0.2, -0.15) is 0 Å². The molecule has 0 aliphatic carbocycles. The zero-order chi connectivity index (χ0) is 13.2. The van der Waals surface area contributed by atoms with E-state index in [1.54, 1.807) is 0 Å². The summed E-state index contributed by atoms with van der Waals surface area (Å²) >= 11 is 0. The number of fused-ring (bicyclic) bond motifs is 1. The predicted molar refractivity (Wildman–Crippen MR) is 78.3 cm³/mol. The van der Waals surface area contributed by atoms with E-state index in [1.165, 1.54) is 11.1 Å². The quantitative estimate of drug-likeness (QED) is 0.876. The molecule has 1 N–H and O–H groups in total. The highest BCUT2D eigenvalue weighted by Crippen LogP contribution is 2.32. The largest absolute Gasteiger partial charge is 0.345 e. The summed E-state index contributed by atoms with van der Waals surface area (Å²) in [5, 5.41) is 8.40. The van der Waals surface area contributed by atoms with Crippen LogP contribution in [0.25, 0.3) is 0 Å². The molecule has 2 nitrogen and oxygen atoms in total. The third-order valence-electron chi connectivity index (χ3n) is 3.85. The first-order valence-corrected chi connectivity index (χ1v) is 6.79. The molecule has 2 aromatic carbocycles. The van der Waals surface area contributed by atoms with Gasteiger partial charge in [0.15, 0.2) is 0 Å². The third kappa shape index (κ3) is 2.03. The lowest BCUT2D eigenvalue weighted by atomic mass is 10.0. The van der Waals surface area contributed by atoms with Crippen molar-refractivity contribution in [2.24, 2.45) is 0 Å². The van der Waals surface area contributed by atoms with E-state index in [2.05, 4.69) is 54.3 Å². The normalized spacial score (nSPS) is 15.4. The van der Waals surface area contributed by atoms with Gasteiger partial charge in [0.05, 0.1) is 6.04 Å². The molecule has 2 heteroatoms. The smallest absolute Gasteiger partial charge is 0.129 e. The van der Waals surface area contributed by atoms with Crippen molar-refractivity contribution in [2.75, 3.05) is 0 Å². The van der Waals surface area contributed by atoms with Gasteiger partial charge in [-0.1, -0.05) is 61.5 Å². The Morgan fingerprint density at radius 3 is 2.42 bits per heavy atom. The molecule has 0 spiro atoms. The van der Waals surface area contributed by atoms with Gasteiger partial charge in [0.25, 0.3) is 0 Å². The zero-order valence-electron chi connectivity index (χ0n) is 11.1. The van der Waals surface area contributed by atoms with E-state index in [1.807, 2.05) is 12.1 Å². The summed E-state index contributed by atoms with van der Waals surface area (Å²) < 4.78 is 0. The Labute approximate surface area is 114 Å². The van der Waals surface area contributed by atoms with Gasteiger partial charge in [0.2, 0.25) is 0 Å². The van der Waals surface area contributed by atoms with Crippen LogP contribution in [0.3, 0.4) is 0 Å². The summed E-state index contributed by atoms with van der Waals surface area (Å²) in [6.07, 6.45) is 1.01. The molecule has 0 saturated carbocycles. The van der Waals surface area contributed by atoms with Crippen LogP contribution in [0.4, 0.5) is 0 Å². The Morgan fingerprint density at radius 1 is 1.05 bits per heavy atom. The molecular formula is C17H18N2. The van der Waals surface area contributed by atoms with Gasteiger partial charge in [0, 0.05) is 12.1 Å². The van der Waals surface area contributed by atoms with Crippen molar-refractivity contribution in [1.82, 2.24) is 4.90 Å². The van der Waals surface area contributed by atoms with Gasteiger partial charge < -0.3 is 4.90 Å². The highest BCUT2D eigenvalue weighted by Gasteiger charge is 2.29. The molecule has 0 amide bonds. The molecule has 1 aliphatic heterocycles. The molecule has 2 aromatic rings. The molecule has 0 bridgehead atoms. The maximum Gasteiger partial charge on any atom is 0.129 e. The Balaban J connectivity index is 1.94. The maximum atomic E-state index is 8.40. The average molecular weight is 250 g/mol. The molecule has 1 atom stereocenters. The Bertz CT molecular complexity index is 589. The minimum absolute atomic E-state index is 0.293. The van der Waals surface area contributed by atoms with E-state index in [4.69, 9.17) is 5.41 Å². The van der Waals surface area contributed by atoms with Crippen molar-refractivity contribution in [1.29, 1.82) is 5.41 Å². The van der Waals surface area contributed by atoms with Crippen molar-refractivity contribution in [3.63, 3.8) is 0 Å². The fourth-order valence-corrected chi connectivity index (χ4v) is 2.88. The van der Waals surface area contributed by atoms with Crippen molar-refractivity contribution in [3.8, 4) is 0 Å². The number of hydrogen-bond acceptors (Lipinski definition) is 1. The van der Waals surface area contributed by atoms with Crippen LogP contribution in [0, 0.1) is 5.41 Å². The Morgan fingerprint density at radius 2 is 1.74 bits per heavy atom. The predicted octanol–water partition coefficient (Wildman–Crippen LogP) is 3.98. The fourth-order valence-electron chi connectivity index (χ4n) is 2.88. The van der Waals surface area contributed by atoms with Crippen LogP contribution in [0.2, 0.25) is 0 Å². The highest BCUT2D eigenvalue weighted by atomic mass is 15.2. The van der Waals surface area contributed by atoms with Crippen LogP contribution >= 0.6 is 0 Å². The lowest BCUT2D eigenvalue weighted by Gasteiger charge is -2.29. The van der Waals surface area contributed by atoms with E-state index in [0.29, 0.717) is 11.9 Å². The summed E-state index contributed by atoms with van der Waals surface area (Å²) in [4.78, 5) is 2.21. The van der Waals surface area contributed by atoms with Crippen LogP contribution in [0.15, 0.2) is 54.6 Å². The molecule has 3 rings (SSSR count). The minimum atomic E-state index is 0.293. The van der Waals surface area contributed by atoms with Gasteiger partial charge in [-0.15, -0.1) is 0 Å². The monoisotopic (exact) mass is 250 g/mol. The SMILES string of the molecule is CCC(c1ccccc1)N1Cc2ccccc2C1=N. The Hall–Kier alpha value is -2.09. The standard InChI is InChI=1S/C17H18N2/c1-2-16(13-8-4-3-5-9-13)19-12-14-10-6-7-11-15(14)17(19)18/h3-11,16,18H,2,12H2,1H3. The van der Waals surface area contributed by atoms with Crippen LogP contribution in [-0.2, 0) is 6.54 Å². The van der Waals surface area contributed by atoms with E-state index in [0.717, 1.165) is 18.5 Å². The summed E-state index contributed by atoms with van der Waals surface area (Å²) in [5.74, 6) is 0.659. The number of amidine groups is 1. The molecule has 0 fully saturated rings. The van der Waals surface area contributed by atoms with Crippen LogP contribution in [0.5, 0.6) is 0 Å². The second-order valence-electron chi connectivity index (χ2n) is 4.97. The minimum Gasteiger partial charge on any atom is -0.345 e. The second-order valence-corrected chi connectivity index (χ2v) is 4.97. The van der Waals surface area contributed by atoms with E-state index < -0.39 is 0 Å². The maximum absolute atomic E-state index is 8.40. The molecule has 1 heterocycles. The molecule has 1 unspecified atom stereocenters. The van der Waals surface area contributed by atoms with Crippen molar-refractivity contribution >= 4 is 5.84 Å². The molecular weight excluding hydrogens is 232 g/mol. The summed E-state index contributed by atoms with van der Waals surface area (Å²) in [7, 11) is 0. The summed E-state index contributed by atoms with van der Waals surface area (Å²) in [6, 6.07) is 19.0. The lowest BCUT2D eigenvalue weighted by molar-refractivity contribution is 0.311. The van der Waals surface area contributed by atoms with E-state index in [-0.39, 0.29) is 0 Å². The van der Waals surface area contributed by atoms with Gasteiger partial charge in [-0.3, -0.25) is 5.41 Å². The first kappa shape index (κ1) is 12.0. The first-order chi connectivity index (χ1) is 9.31. The van der Waals surface area contributed by atoms with Gasteiger partial charge >= 0.3 is 0 Å². The zero-order valence-corrected chi connectivity index (χ0v) is 11.1. The topological polar surface area (TPSA) is 27.1 Å². The fraction of sp³-hybridized carbons (Fsp3) is 0.235. The average Bonchev–Trinajstić information content (AvgIpc) is 2.79. The Kier molecular flexibility index (Phi) is 3.08. The first-order valence-electron chi connectivity index (χ1n) is 6.79. The molecule has 1 aliphatic rings. The summed E-state index contributed by atoms with van der Waals surface area (Å²) in [5.41, 5.74) is 3.64. The van der Waals surface area contributed by atoms with Gasteiger partial charge in [-0.05, 0) is 17.5 Å². The third-order valence-corrected chi connectivity index (χ3v) is 3.85.